The first-order valence-electron chi connectivity index (χ1n) is 5.55. The smallest absolute Gasteiger partial charge is 0.306 e. The van der Waals surface area contributed by atoms with Gasteiger partial charge in [-0.05, 0) is 25.0 Å². The van der Waals surface area contributed by atoms with Crippen molar-refractivity contribution in [1.29, 1.82) is 0 Å². The number of hydrogen-bond donors (Lipinski definition) is 1. The molecule has 1 N–H and O–H groups in total. The van der Waals surface area contributed by atoms with Crippen molar-refractivity contribution in [2.24, 2.45) is 5.92 Å². The van der Waals surface area contributed by atoms with Crippen LogP contribution in [0.2, 0.25) is 0 Å². The maximum absolute atomic E-state index is 12.9. The van der Waals surface area contributed by atoms with E-state index in [1.165, 1.54) is 20.1 Å². The van der Waals surface area contributed by atoms with Crippen LogP contribution in [-0.2, 0) is 11.2 Å². The Hall–Kier alpha value is -1.65. The number of carbonyl (C=O) groups is 1. The van der Waals surface area contributed by atoms with Crippen molar-refractivity contribution in [2.45, 2.75) is 26.7 Å². The number of carboxylic acids is 1. The molecule has 0 spiro atoms. The summed E-state index contributed by atoms with van der Waals surface area (Å²) in [6.45, 7) is 3.23. The zero-order chi connectivity index (χ0) is 13.9. The number of aliphatic carboxylic acids is 1. The number of aryl methyl sites for hydroxylation is 1. The molecule has 0 aliphatic carbocycles. The van der Waals surface area contributed by atoms with Gasteiger partial charge in [0.05, 0.1) is 18.6 Å². The lowest BCUT2D eigenvalue weighted by atomic mass is 9.96. The summed E-state index contributed by atoms with van der Waals surface area (Å²) in [7, 11) is 1.31. The highest BCUT2D eigenvalue weighted by Gasteiger charge is 2.21. The molecule has 1 unspecified atom stereocenters. The Morgan fingerprint density at radius 3 is 2.50 bits per heavy atom. The highest BCUT2D eigenvalue weighted by molar-refractivity contribution is 5.70. The van der Waals surface area contributed by atoms with Crippen LogP contribution in [0.5, 0.6) is 5.75 Å². The summed E-state index contributed by atoms with van der Waals surface area (Å²) in [5.41, 5.74) is 0.978. The minimum absolute atomic E-state index is 0.0868. The van der Waals surface area contributed by atoms with Crippen molar-refractivity contribution in [2.75, 3.05) is 7.11 Å². The molecule has 1 aromatic rings. The molecule has 0 radical (unpaired) electrons. The number of rotatable bonds is 5. The lowest BCUT2D eigenvalue weighted by Crippen LogP contribution is -2.13. The molecule has 1 aromatic carbocycles. The van der Waals surface area contributed by atoms with Crippen LogP contribution in [0.1, 0.15) is 30.0 Å². The first kappa shape index (κ1) is 14.4. The highest BCUT2D eigenvalue weighted by Crippen LogP contribution is 2.34. The van der Waals surface area contributed by atoms with Crippen LogP contribution in [0.15, 0.2) is 12.1 Å². The van der Waals surface area contributed by atoms with E-state index < -0.39 is 18.3 Å². The van der Waals surface area contributed by atoms with Gasteiger partial charge < -0.3 is 9.84 Å². The standard InChI is InChI=1S/C13H16F2O3/c1-7-4-9(6-8(2)13(16)17)11(18-3)10(5-7)12(14)15/h4-5,8,12H,6H2,1-3H3,(H,16,17). The summed E-state index contributed by atoms with van der Waals surface area (Å²) in [6, 6.07) is 3.04. The van der Waals surface area contributed by atoms with Crippen molar-refractivity contribution < 1.29 is 23.4 Å². The van der Waals surface area contributed by atoms with Crippen LogP contribution in [0.3, 0.4) is 0 Å². The number of carboxylic acid groups (broad SMARTS) is 1. The summed E-state index contributed by atoms with van der Waals surface area (Å²) in [6.07, 6.45) is -2.47. The fraction of sp³-hybridized carbons (Fsp3) is 0.462. The van der Waals surface area contributed by atoms with Crippen molar-refractivity contribution in [3.05, 3.63) is 28.8 Å². The molecule has 0 saturated carbocycles. The molecular formula is C13H16F2O3. The van der Waals surface area contributed by atoms with Gasteiger partial charge in [-0.1, -0.05) is 18.6 Å². The van der Waals surface area contributed by atoms with E-state index in [-0.39, 0.29) is 17.7 Å². The predicted octanol–water partition coefficient (Wildman–Crippen LogP) is 3.20. The van der Waals surface area contributed by atoms with E-state index in [9.17, 15) is 13.6 Å². The van der Waals surface area contributed by atoms with Crippen LogP contribution in [-0.4, -0.2) is 18.2 Å². The number of methoxy groups -OCH3 is 1. The molecule has 100 valence electrons. The summed E-state index contributed by atoms with van der Waals surface area (Å²) >= 11 is 0. The molecule has 1 atom stereocenters. The first-order chi connectivity index (χ1) is 8.36. The third-order valence-electron chi connectivity index (χ3n) is 2.73. The van der Waals surface area contributed by atoms with E-state index in [0.29, 0.717) is 11.1 Å². The number of halogens is 2. The maximum Gasteiger partial charge on any atom is 0.306 e. The highest BCUT2D eigenvalue weighted by atomic mass is 19.3. The molecule has 0 saturated heterocycles. The summed E-state index contributed by atoms with van der Waals surface area (Å²) in [5.74, 6) is -1.52. The SMILES string of the molecule is COc1c(CC(C)C(=O)O)cc(C)cc1C(F)F. The Morgan fingerprint density at radius 2 is 2.06 bits per heavy atom. The molecular weight excluding hydrogens is 242 g/mol. The fourth-order valence-corrected chi connectivity index (χ4v) is 1.86. The summed E-state index contributed by atoms with van der Waals surface area (Å²) in [5, 5.41) is 8.87. The Kier molecular flexibility index (Phi) is 4.64. The molecule has 0 amide bonds. The number of hydrogen-bond acceptors (Lipinski definition) is 2. The van der Waals surface area contributed by atoms with Gasteiger partial charge in [0.1, 0.15) is 5.75 Å². The van der Waals surface area contributed by atoms with Gasteiger partial charge >= 0.3 is 5.97 Å². The van der Waals surface area contributed by atoms with Crippen LogP contribution >= 0.6 is 0 Å². The van der Waals surface area contributed by atoms with Gasteiger partial charge in [0.15, 0.2) is 0 Å². The maximum atomic E-state index is 12.9. The minimum Gasteiger partial charge on any atom is -0.496 e. The van der Waals surface area contributed by atoms with Gasteiger partial charge in [-0.3, -0.25) is 4.79 Å². The summed E-state index contributed by atoms with van der Waals surface area (Å²) in [4.78, 5) is 10.8. The second kappa shape index (κ2) is 5.80. The van der Waals surface area contributed by atoms with E-state index in [4.69, 9.17) is 9.84 Å². The van der Waals surface area contributed by atoms with Gasteiger partial charge in [0, 0.05) is 0 Å². The van der Waals surface area contributed by atoms with Gasteiger partial charge in [-0.2, -0.15) is 0 Å². The molecule has 5 heteroatoms. The van der Waals surface area contributed by atoms with Crippen molar-refractivity contribution in [3.8, 4) is 5.75 Å². The largest absolute Gasteiger partial charge is 0.496 e. The molecule has 18 heavy (non-hydrogen) atoms. The molecule has 0 heterocycles. The van der Waals surface area contributed by atoms with E-state index in [0.717, 1.165) is 0 Å². The van der Waals surface area contributed by atoms with Crippen LogP contribution in [0.4, 0.5) is 8.78 Å². The Balaban J connectivity index is 3.21. The average Bonchev–Trinajstić information content (AvgIpc) is 2.27. The van der Waals surface area contributed by atoms with E-state index in [1.54, 1.807) is 13.0 Å². The average molecular weight is 258 g/mol. The molecule has 3 nitrogen and oxygen atoms in total. The lowest BCUT2D eigenvalue weighted by Gasteiger charge is -2.16. The van der Waals surface area contributed by atoms with Gasteiger partial charge in [-0.25, -0.2) is 8.78 Å². The van der Waals surface area contributed by atoms with Crippen molar-refractivity contribution in [1.82, 2.24) is 0 Å². The van der Waals surface area contributed by atoms with Crippen LogP contribution in [0, 0.1) is 12.8 Å². The number of benzene rings is 1. The van der Waals surface area contributed by atoms with E-state index >= 15 is 0 Å². The molecule has 1 rings (SSSR count). The topological polar surface area (TPSA) is 46.5 Å². The van der Waals surface area contributed by atoms with Gasteiger partial charge in [0.2, 0.25) is 0 Å². The second-order valence-electron chi connectivity index (χ2n) is 4.29. The van der Waals surface area contributed by atoms with E-state index in [2.05, 4.69) is 0 Å². The van der Waals surface area contributed by atoms with Crippen molar-refractivity contribution in [3.63, 3.8) is 0 Å². The Bertz CT molecular complexity index is 444. The van der Waals surface area contributed by atoms with Crippen LogP contribution in [0.25, 0.3) is 0 Å². The third kappa shape index (κ3) is 3.18. The lowest BCUT2D eigenvalue weighted by molar-refractivity contribution is -0.141. The molecule has 0 aliphatic heterocycles. The van der Waals surface area contributed by atoms with E-state index in [1.807, 2.05) is 0 Å². The number of ether oxygens (including phenoxy) is 1. The van der Waals surface area contributed by atoms with Crippen molar-refractivity contribution >= 4 is 5.97 Å². The Morgan fingerprint density at radius 1 is 1.44 bits per heavy atom. The third-order valence-corrected chi connectivity index (χ3v) is 2.73. The predicted molar refractivity (Wildman–Crippen MR) is 63.2 cm³/mol. The minimum atomic E-state index is -2.64. The zero-order valence-corrected chi connectivity index (χ0v) is 10.5. The van der Waals surface area contributed by atoms with Gasteiger partial charge in [-0.15, -0.1) is 0 Å². The molecule has 0 fully saturated rings. The van der Waals surface area contributed by atoms with Gasteiger partial charge in [0.25, 0.3) is 6.43 Å². The molecule has 0 bridgehead atoms. The monoisotopic (exact) mass is 258 g/mol. The Labute approximate surface area is 104 Å². The molecule has 0 aliphatic rings. The first-order valence-corrected chi connectivity index (χ1v) is 5.55. The summed E-state index contributed by atoms with van der Waals surface area (Å²) < 4.78 is 30.7. The van der Waals surface area contributed by atoms with Crippen LogP contribution < -0.4 is 4.74 Å². The zero-order valence-electron chi connectivity index (χ0n) is 10.5. The number of alkyl halides is 2. The normalized spacial score (nSPS) is 12.6. The second-order valence-corrected chi connectivity index (χ2v) is 4.29. The molecule has 0 aromatic heterocycles. The quantitative estimate of drug-likeness (QED) is 0.882. The fourth-order valence-electron chi connectivity index (χ4n) is 1.86.